The van der Waals surface area contributed by atoms with Crippen LogP contribution >= 0.6 is 0 Å². The predicted molar refractivity (Wildman–Crippen MR) is 89.9 cm³/mol. The van der Waals surface area contributed by atoms with Gasteiger partial charge in [0, 0.05) is 5.69 Å². The standard InChI is InChI=1S/C16H18N2O6S/c1-10(16(20)21)9-11-3-5-12(6-4-11)18-15(19)13-7-8-14(24-13)25(22,23)17-2/h3-8,10,17H,9H2,1-2H3,(H,18,19)(H,20,21). The summed E-state index contributed by atoms with van der Waals surface area (Å²) in [5.41, 5.74) is 1.31. The number of benzene rings is 1. The number of carboxylic acids is 1. The smallest absolute Gasteiger partial charge is 0.306 e. The van der Waals surface area contributed by atoms with E-state index in [1.54, 1.807) is 31.2 Å². The van der Waals surface area contributed by atoms with Crippen molar-refractivity contribution in [2.75, 3.05) is 12.4 Å². The lowest BCUT2D eigenvalue weighted by Gasteiger charge is -2.08. The van der Waals surface area contributed by atoms with E-state index in [0.29, 0.717) is 12.1 Å². The van der Waals surface area contributed by atoms with Crippen LogP contribution in [0.5, 0.6) is 0 Å². The van der Waals surface area contributed by atoms with Gasteiger partial charge in [-0.1, -0.05) is 19.1 Å². The summed E-state index contributed by atoms with van der Waals surface area (Å²) in [6.45, 7) is 1.62. The van der Waals surface area contributed by atoms with E-state index in [0.717, 1.165) is 5.56 Å². The molecule has 1 amide bonds. The second-order valence-electron chi connectivity index (χ2n) is 5.42. The Kier molecular flexibility index (Phi) is 5.60. The molecule has 0 spiro atoms. The van der Waals surface area contributed by atoms with Gasteiger partial charge in [-0.2, -0.15) is 0 Å². The number of aliphatic carboxylic acids is 1. The molecule has 0 saturated carbocycles. The number of carboxylic acid groups (broad SMARTS) is 1. The Balaban J connectivity index is 2.05. The van der Waals surface area contributed by atoms with Crippen molar-refractivity contribution in [1.82, 2.24) is 4.72 Å². The summed E-state index contributed by atoms with van der Waals surface area (Å²) in [6.07, 6.45) is 0.382. The second kappa shape index (κ2) is 7.49. The molecule has 134 valence electrons. The Bertz CT molecular complexity index is 870. The highest BCUT2D eigenvalue weighted by molar-refractivity contribution is 7.89. The number of sulfonamides is 1. The van der Waals surface area contributed by atoms with E-state index < -0.39 is 27.8 Å². The third kappa shape index (κ3) is 4.68. The van der Waals surface area contributed by atoms with Crippen LogP contribution in [-0.4, -0.2) is 32.4 Å². The zero-order chi connectivity index (χ0) is 18.6. The molecule has 8 nitrogen and oxygen atoms in total. The van der Waals surface area contributed by atoms with Gasteiger partial charge < -0.3 is 14.8 Å². The molecule has 1 aromatic heterocycles. The van der Waals surface area contributed by atoms with E-state index in [4.69, 9.17) is 9.52 Å². The van der Waals surface area contributed by atoms with Crippen molar-refractivity contribution in [3.63, 3.8) is 0 Å². The quantitative estimate of drug-likeness (QED) is 0.685. The molecular weight excluding hydrogens is 348 g/mol. The fourth-order valence-corrected chi connectivity index (χ4v) is 2.69. The number of amides is 1. The van der Waals surface area contributed by atoms with Gasteiger partial charge in [0.05, 0.1) is 5.92 Å². The molecular formula is C16H18N2O6S. The first kappa shape index (κ1) is 18.7. The van der Waals surface area contributed by atoms with Gasteiger partial charge in [0.25, 0.3) is 15.9 Å². The van der Waals surface area contributed by atoms with Crippen LogP contribution in [0.15, 0.2) is 45.9 Å². The van der Waals surface area contributed by atoms with Crippen LogP contribution in [0.4, 0.5) is 5.69 Å². The van der Waals surface area contributed by atoms with Gasteiger partial charge >= 0.3 is 5.97 Å². The Hall–Kier alpha value is -2.65. The van der Waals surface area contributed by atoms with Gasteiger partial charge in [-0.15, -0.1) is 0 Å². The fourth-order valence-electron chi connectivity index (χ4n) is 2.04. The zero-order valence-corrected chi connectivity index (χ0v) is 14.5. The third-order valence-corrected chi connectivity index (χ3v) is 4.80. The molecule has 2 aromatic rings. The number of hydrogen-bond acceptors (Lipinski definition) is 5. The maximum atomic E-state index is 12.1. The molecule has 25 heavy (non-hydrogen) atoms. The van der Waals surface area contributed by atoms with E-state index in [2.05, 4.69) is 10.0 Å². The topological polar surface area (TPSA) is 126 Å². The summed E-state index contributed by atoms with van der Waals surface area (Å²) >= 11 is 0. The van der Waals surface area contributed by atoms with E-state index in [1.807, 2.05) is 0 Å². The molecule has 0 aliphatic heterocycles. The molecule has 1 heterocycles. The molecule has 0 radical (unpaired) electrons. The number of furan rings is 1. The number of hydrogen-bond donors (Lipinski definition) is 3. The molecule has 1 atom stereocenters. The van der Waals surface area contributed by atoms with Crippen LogP contribution in [0.1, 0.15) is 23.0 Å². The van der Waals surface area contributed by atoms with Crippen LogP contribution < -0.4 is 10.0 Å². The van der Waals surface area contributed by atoms with Crippen molar-refractivity contribution < 1.29 is 27.5 Å². The molecule has 0 bridgehead atoms. The first-order valence-corrected chi connectivity index (χ1v) is 8.87. The summed E-state index contributed by atoms with van der Waals surface area (Å²) in [5, 5.41) is 11.1. The Morgan fingerprint density at radius 1 is 1.16 bits per heavy atom. The number of carbonyl (C=O) groups excluding carboxylic acids is 1. The summed E-state index contributed by atoms with van der Waals surface area (Å²) in [5.74, 6) is -2.11. The summed E-state index contributed by atoms with van der Waals surface area (Å²) in [7, 11) is -2.51. The van der Waals surface area contributed by atoms with Gasteiger partial charge in [0.2, 0.25) is 5.09 Å². The van der Waals surface area contributed by atoms with E-state index >= 15 is 0 Å². The highest BCUT2D eigenvalue weighted by Gasteiger charge is 2.19. The van der Waals surface area contributed by atoms with Gasteiger partial charge in [-0.25, -0.2) is 13.1 Å². The van der Waals surface area contributed by atoms with Crippen molar-refractivity contribution in [3.8, 4) is 0 Å². The van der Waals surface area contributed by atoms with Crippen molar-refractivity contribution >= 4 is 27.6 Å². The number of carbonyl (C=O) groups is 2. The SMILES string of the molecule is CNS(=O)(=O)c1ccc(C(=O)Nc2ccc(CC(C)C(=O)O)cc2)o1. The minimum atomic E-state index is -3.75. The lowest BCUT2D eigenvalue weighted by Crippen LogP contribution is -2.18. The predicted octanol–water partition coefficient (Wildman–Crippen LogP) is 1.70. The maximum absolute atomic E-state index is 12.1. The summed E-state index contributed by atoms with van der Waals surface area (Å²) < 4.78 is 30.3. The second-order valence-corrected chi connectivity index (χ2v) is 7.24. The van der Waals surface area contributed by atoms with Crippen molar-refractivity contribution in [3.05, 3.63) is 47.7 Å². The average Bonchev–Trinajstić information content (AvgIpc) is 3.07. The van der Waals surface area contributed by atoms with Crippen molar-refractivity contribution in [2.24, 2.45) is 5.92 Å². The molecule has 1 unspecified atom stereocenters. The first-order chi connectivity index (χ1) is 11.7. The zero-order valence-electron chi connectivity index (χ0n) is 13.6. The molecule has 0 saturated heterocycles. The van der Waals surface area contributed by atoms with Crippen LogP contribution in [0.3, 0.4) is 0 Å². The van der Waals surface area contributed by atoms with Gasteiger partial charge in [0.1, 0.15) is 0 Å². The van der Waals surface area contributed by atoms with E-state index in [1.165, 1.54) is 19.2 Å². The minimum absolute atomic E-state index is 0.141. The Morgan fingerprint density at radius 3 is 2.36 bits per heavy atom. The first-order valence-electron chi connectivity index (χ1n) is 7.39. The minimum Gasteiger partial charge on any atom is -0.481 e. The van der Waals surface area contributed by atoms with Crippen molar-refractivity contribution in [1.29, 1.82) is 0 Å². The highest BCUT2D eigenvalue weighted by atomic mass is 32.2. The van der Waals surface area contributed by atoms with Gasteiger partial charge in [0.15, 0.2) is 5.76 Å². The third-order valence-electron chi connectivity index (χ3n) is 3.51. The maximum Gasteiger partial charge on any atom is 0.306 e. The monoisotopic (exact) mass is 366 g/mol. The highest BCUT2D eigenvalue weighted by Crippen LogP contribution is 2.17. The Morgan fingerprint density at radius 2 is 1.80 bits per heavy atom. The normalized spacial score (nSPS) is 12.6. The molecule has 2 rings (SSSR count). The van der Waals surface area contributed by atoms with Crippen molar-refractivity contribution in [2.45, 2.75) is 18.4 Å². The summed E-state index contributed by atoms with van der Waals surface area (Å²) in [4.78, 5) is 22.9. The largest absolute Gasteiger partial charge is 0.481 e. The lowest BCUT2D eigenvalue weighted by molar-refractivity contribution is -0.141. The molecule has 9 heteroatoms. The molecule has 0 fully saturated rings. The van der Waals surface area contributed by atoms with E-state index in [-0.39, 0.29) is 10.9 Å². The molecule has 0 aliphatic rings. The van der Waals surface area contributed by atoms with Gasteiger partial charge in [-0.05, 0) is 43.3 Å². The lowest BCUT2D eigenvalue weighted by atomic mass is 10.0. The van der Waals surface area contributed by atoms with E-state index in [9.17, 15) is 18.0 Å². The molecule has 1 aromatic carbocycles. The van der Waals surface area contributed by atoms with Crippen LogP contribution in [-0.2, 0) is 21.2 Å². The Labute approximate surface area is 144 Å². The van der Waals surface area contributed by atoms with Gasteiger partial charge in [-0.3, -0.25) is 9.59 Å². The molecule has 0 aliphatic carbocycles. The van der Waals surface area contributed by atoms with Crippen LogP contribution in [0.2, 0.25) is 0 Å². The number of anilines is 1. The average molecular weight is 366 g/mol. The van der Waals surface area contributed by atoms with Crippen LogP contribution in [0.25, 0.3) is 0 Å². The summed E-state index contributed by atoms with van der Waals surface area (Å²) in [6, 6.07) is 9.16. The number of rotatable bonds is 7. The van der Waals surface area contributed by atoms with Crippen LogP contribution in [0, 0.1) is 5.92 Å². The fraction of sp³-hybridized carbons (Fsp3) is 0.250. The molecule has 3 N–H and O–H groups in total. The number of nitrogens with one attached hydrogen (secondary N) is 2.